The lowest BCUT2D eigenvalue weighted by Gasteiger charge is -2.52. The van der Waals surface area contributed by atoms with Gasteiger partial charge in [0.05, 0.1) is 11.0 Å². The summed E-state index contributed by atoms with van der Waals surface area (Å²) in [7, 11) is -3.83. The number of nitrogens with zero attached hydrogens (tertiary/aromatic N) is 1. The summed E-state index contributed by atoms with van der Waals surface area (Å²) in [4.78, 5) is 14.2. The molecular weight excluding hydrogens is 526 g/mol. The average molecular weight is 559 g/mol. The Labute approximate surface area is 225 Å². The lowest BCUT2D eigenvalue weighted by molar-refractivity contribution is -0.0935. The molecule has 0 amide bonds. The summed E-state index contributed by atoms with van der Waals surface area (Å²) in [6, 6.07) is 10.7. The van der Waals surface area contributed by atoms with Crippen LogP contribution in [0.15, 0.2) is 57.9 Å². The topological polar surface area (TPSA) is 104 Å². The Balaban J connectivity index is 1.32. The predicted molar refractivity (Wildman–Crippen MR) is 140 cm³/mol. The van der Waals surface area contributed by atoms with Crippen LogP contribution in [0.4, 0.5) is 8.78 Å². The van der Waals surface area contributed by atoms with E-state index in [-0.39, 0.29) is 42.3 Å². The number of oxazole rings is 1. The Hall–Kier alpha value is -2.82. The third-order valence-electron chi connectivity index (χ3n) is 8.80. The molecule has 7 nitrogen and oxygen atoms in total. The van der Waals surface area contributed by atoms with E-state index < -0.39 is 43.7 Å². The summed E-state index contributed by atoms with van der Waals surface area (Å²) in [5.74, 6) is -1.62. The second kappa shape index (κ2) is 9.38. The summed E-state index contributed by atoms with van der Waals surface area (Å²) < 4.78 is 65.2. The van der Waals surface area contributed by atoms with E-state index in [4.69, 9.17) is 4.42 Å². The number of hydrogen-bond acceptors (Lipinski definition) is 5. The molecule has 0 radical (unpaired) electrons. The standard InChI is InChI=1S/C29H32F2N2O5S/c1-18-7-10-25(20-5-3-2-4-6-20)39(36,37)33(18)15-21-11-24(31)22(12-23(21)30)29(26-14-32-27(34)38-26)16-28(35,17-29)13-19-8-9-19/h2-6,11-12,14,18-19,25,35H,7-10,13,15-17H2,1H3,(H,32,34)/t18-,25+,28?,29?/m0/s1. The van der Waals surface area contributed by atoms with E-state index in [9.17, 15) is 18.3 Å². The molecule has 2 heterocycles. The van der Waals surface area contributed by atoms with Crippen LogP contribution in [-0.2, 0) is 22.0 Å². The normalized spacial score (nSPS) is 30.7. The van der Waals surface area contributed by atoms with E-state index in [0.717, 1.165) is 25.0 Å². The van der Waals surface area contributed by atoms with E-state index in [1.807, 2.05) is 6.07 Å². The smallest absolute Gasteiger partial charge is 0.412 e. The average Bonchev–Trinajstić information content (AvgIpc) is 3.57. The molecule has 3 aromatic rings. The van der Waals surface area contributed by atoms with E-state index in [0.29, 0.717) is 30.7 Å². The molecule has 2 saturated carbocycles. The fourth-order valence-corrected chi connectivity index (χ4v) is 8.88. The number of aromatic amines is 1. The second-order valence-electron chi connectivity index (χ2n) is 11.7. The van der Waals surface area contributed by atoms with Crippen molar-refractivity contribution < 1.29 is 26.7 Å². The molecule has 208 valence electrons. The van der Waals surface area contributed by atoms with Crippen LogP contribution in [0.5, 0.6) is 0 Å². The number of nitrogens with one attached hydrogen (secondary N) is 1. The van der Waals surface area contributed by atoms with Crippen molar-refractivity contribution in [3.63, 3.8) is 0 Å². The van der Waals surface area contributed by atoms with Crippen LogP contribution in [0.2, 0.25) is 0 Å². The maximum absolute atomic E-state index is 15.8. The van der Waals surface area contributed by atoms with Crippen LogP contribution in [0.3, 0.4) is 0 Å². The third kappa shape index (κ3) is 4.66. The molecule has 3 fully saturated rings. The zero-order chi connectivity index (χ0) is 27.6. The highest BCUT2D eigenvalue weighted by molar-refractivity contribution is 7.89. The highest BCUT2D eigenvalue weighted by Gasteiger charge is 2.59. The predicted octanol–water partition coefficient (Wildman–Crippen LogP) is 4.91. The first-order chi connectivity index (χ1) is 18.5. The van der Waals surface area contributed by atoms with Crippen LogP contribution in [0, 0.1) is 17.6 Å². The molecule has 2 aromatic carbocycles. The molecule has 0 bridgehead atoms. The Morgan fingerprint density at radius 3 is 2.44 bits per heavy atom. The first-order valence-corrected chi connectivity index (χ1v) is 15.0. The summed E-state index contributed by atoms with van der Waals surface area (Å²) in [6.45, 7) is 1.48. The van der Waals surface area contributed by atoms with Gasteiger partial charge in [-0.25, -0.2) is 22.0 Å². The van der Waals surface area contributed by atoms with Crippen molar-refractivity contribution in [3.8, 4) is 0 Å². The highest BCUT2D eigenvalue weighted by atomic mass is 32.2. The minimum Gasteiger partial charge on any atom is -0.412 e. The molecule has 6 rings (SSSR count). The van der Waals surface area contributed by atoms with Crippen LogP contribution in [0.1, 0.15) is 79.6 Å². The molecule has 0 unspecified atom stereocenters. The minimum absolute atomic E-state index is 0.0105. The molecule has 1 saturated heterocycles. The SMILES string of the molecule is C[C@H]1CC[C@H](c2ccccc2)S(=O)(=O)N1Cc1cc(F)c(C2(c3c[nH]c(=O)o3)CC(O)(CC3CC3)C2)cc1F. The van der Waals surface area contributed by atoms with Crippen molar-refractivity contribution in [2.75, 3.05) is 0 Å². The Morgan fingerprint density at radius 2 is 1.79 bits per heavy atom. The molecule has 39 heavy (non-hydrogen) atoms. The Kier molecular flexibility index (Phi) is 6.35. The minimum atomic E-state index is -3.83. The molecule has 2 aliphatic carbocycles. The van der Waals surface area contributed by atoms with Crippen LogP contribution >= 0.6 is 0 Å². The molecule has 2 atom stereocenters. The molecular formula is C29H32F2N2O5S. The van der Waals surface area contributed by atoms with Crippen LogP contribution in [-0.4, -0.2) is 34.5 Å². The summed E-state index contributed by atoms with van der Waals surface area (Å²) >= 11 is 0. The monoisotopic (exact) mass is 558 g/mol. The van der Waals surface area contributed by atoms with Gasteiger partial charge >= 0.3 is 5.76 Å². The summed E-state index contributed by atoms with van der Waals surface area (Å²) in [6.07, 6.45) is 5.23. The summed E-state index contributed by atoms with van der Waals surface area (Å²) in [5.41, 5.74) is -1.66. The zero-order valence-corrected chi connectivity index (χ0v) is 22.5. The van der Waals surface area contributed by atoms with Crippen molar-refractivity contribution in [1.29, 1.82) is 0 Å². The van der Waals surface area contributed by atoms with Gasteiger partial charge in [-0.2, -0.15) is 4.31 Å². The van der Waals surface area contributed by atoms with Gasteiger partial charge in [0.1, 0.15) is 22.6 Å². The largest absolute Gasteiger partial charge is 0.416 e. The maximum Gasteiger partial charge on any atom is 0.416 e. The quantitative estimate of drug-likeness (QED) is 0.429. The number of halogens is 2. The molecule has 10 heteroatoms. The van der Waals surface area contributed by atoms with Gasteiger partial charge in [0.15, 0.2) is 0 Å². The van der Waals surface area contributed by atoms with Gasteiger partial charge in [-0.1, -0.05) is 43.2 Å². The van der Waals surface area contributed by atoms with Gasteiger partial charge in [0, 0.05) is 29.9 Å². The van der Waals surface area contributed by atoms with Crippen molar-refractivity contribution in [2.45, 2.75) is 80.7 Å². The lowest BCUT2D eigenvalue weighted by Crippen LogP contribution is -2.55. The lowest BCUT2D eigenvalue weighted by atomic mass is 9.53. The second-order valence-corrected chi connectivity index (χ2v) is 13.8. The molecule has 2 N–H and O–H groups in total. The Bertz CT molecular complexity index is 1540. The van der Waals surface area contributed by atoms with Crippen LogP contribution < -0.4 is 5.76 Å². The Morgan fingerprint density at radius 1 is 1.08 bits per heavy atom. The number of rotatable bonds is 7. The van der Waals surface area contributed by atoms with E-state index in [1.54, 1.807) is 31.2 Å². The van der Waals surface area contributed by atoms with Gasteiger partial charge in [0.2, 0.25) is 10.0 Å². The van der Waals surface area contributed by atoms with E-state index >= 15 is 8.78 Å². The van der Waals surface area contributed by atoms with Crippen molar-refractivity contribution in [3.05, 3.63) is 93.3 Å². The van der Waals surface area contributed by atoms with Gasteiger partial charge in [-0.05, 0) is 62.6 Å². The number of sulfonamides is 1. The molecule has 1 aromatic heterocycles. The van der Waals surface area contributed by atoms with Gasteiger partial charge in [-0.3, -0.25) is 4.98 Å². The number of H-pyrrole nitrogens is 1. The van der Waals surface area contributed by atoms with Gasteiger partial charge in [-0.15, -0.1) is 0 Å². The highest BCUT2D eigenvalue weighted by Crippen LogP contribution is 2.58. The van der Waals surface area contributed by atoms with Crippen molar-refractivity contribution in [2.24, 2.45) is 5.92 Å². The third-order valence-corrected chi connectivity index (χ3v) is 11.2. The number of benzene rings is 2. The molecule has 3 aliphatic rings. The van der Waals surface area contributed by atoms with Crippen molar-refractivity contribution >= 4 is 10.0 Å². The van der Waals surface area contributed by atoms with Crippen LogP contribution in [0.25, 0.3) is 0 Å². The maximum atomic E-state index is 15.8. The van der Waals surface area contributed by atoms with Crippen molar-refractivity contribution in [1.82, 2.24) is 9.29 Å². The molecule has 0 spiro atoms. The number of aromatic nitrogens is 1. The first kappa shape index (κ1) is 26.4. The first-order valence-electron chi connectivity index (χ1n) is 13.5. The van der Waals surface area contributed by atoms with Gasteiger partial charge < -0.3 is 9.52 Å². The fourth-order valence-electron chi connectivity index (χ4n) is 6.69. The molecule has 1 aliphatic heterocycles. The summed E-state index contributed by atoms with van der Waals surface area (Å²) in [5, 5.41) is 10.4. The van der Waals surface area contributed by atoms with E-state index in [2.05, 4.69) is 4.98 Å². The van der Waals surface area contributed by atoms with E-state index in [1.165, 1.54) is 10.5 Å². The number of hydrogen-bond donors (Lipinski definition) is 2. The fraction of sp³-hybridized carbons (Fsp3) is 0.483. The number of aliphatic hydroxyl groups is 1. The zero-order valence-electron chi connectivity index (χ0n) is 21.7. The van der Waals surface area contributed by atoms with Gasteiger partial charge in [0.25, 0.3) is 0 Å².